The summed E-state index contributed by atoms with van der Waals surface area (Å²) >= 11 is 0. The summed E-state index contributed by atoms with van der Waals surface area (Å²) in [6, 6.07) is 9.99. The van der Waals surface area contributed by atoms with Crippen LogP contribution in [-0.2, 0) is 18.8 Å². The Hall–Kier alpha value is -1.72. The first-order valence-electron chi connectivity index (χ1n) is 9.58. The van der Waals surface area contributed by atoms with Crippen molar-refractivity contribution in [2.24, 2.45) is 17.3 Å². The quantitative estimate of drug-likeness (QED) is 0.501. The number of rotatable bonds is 7. The smallest absolute Gasteiger partial charge is 0.311 e. The molecule has 0 spiro atoms. The Labute approximate surface area is 164 Å². The molecule has 27 heavy (non-hydrogen) atoms. The largest absolute Gasteiger partial charge is 0.469 e. The Bertz CT molecular complexity index is 688. The lowest BCUT2D eigenvalue weighted by Gasteiger charge is -2.37. The molecule has 1 aromatic carbocycles. The lowest BCUT2D eigenvalue weighted by molar-refractivity contribution is -0.155. The highest BCUT2D eigenvalue weighted by atomic mass is 28.4. The average Bonchev–Trinajstić information content (AvgIpc) is 3.00. The van der Waals surface area contributed by atoms with Crippen molar-refractivity contribution in [1.82, 2.24) is 0 Å². The molecule has 1 fully saturated rings. The summed E-state index contributed by atoms with van der Waals surface area (Å²) < 4.78 is 11.5. The number of ketones is 1. The van der Waals surface area contributed by atoms with Crippen LogP contribution in [0.25, 0.3) is 6.08 Å². The normalized spacial score (nSPS) is 22.2. The van der Waals surface area contributed by atoms with Crippen LogP contribution in [0.15, 0.2) is 36.4 Å². The van der Waals surface area contributed by atoms with Gasteiger partial charge in [-0.1, -0.05) is 42.5 Å². The van der Waals surface area contributed by atoms with E-state index in [-0.39, 0.29) is 29.7 Å². The second-order valence-electron chi connectivity index (χ2n) is 8.82. The Morgan fingerprint density at radius 3 is 2.41 bits per heavy atom. The van der Waals surface area contributed by atoms with E-state index in [4.69, 9.17) is 9.16 Å². The number of esters is 1. The van der Waals surface area contributed by atoms with Gasteiger partial charge in [0.1, 0.15) is 5.78 Å². The minimum absolute atomic E-state index is 0.0979. The van der Waals surface area contributed by atoms with Crippen molar-refractivity contribution >= 4 is 26.1 Å². The second-order valence-corrected chi connectivity index (χ2v) is 13.3. The fraction of sp³-hybridized carbons (Fsp3) is 0.545. The van der Waals surface area contributed by atoms with Crippen LogP contribution in [0, 0.1) is 17.3 Å². The number of ether oxygens (including phenoxy) is 1. The van der Waals surface area contributed by atoms with Gasteiger partial charge in [0.15, 0.2) is 8.32 Å². The molecule has 0 aromatic heterocycles. The van der Waals surface area contributed by atoms with E-state index in [1.165, 1.54) is 7.11 Å². The number of carbonyl (C=O) groups is 2. The minimum Gasteiger partial charge on any atom is -0.469 e. The second kappa shape index (κ2) is 8.53. The molecule has 4 nitrogen and oxygen atoms in total. The van der Waals surface area contributed by atoms with Gasteiger partial charge in [0.05, 0.1) is 24.5 Å². The van der Waals surface area contributed by atoms with Gasteiger partial charge >= 0.3 is 5.97 Å². The van der Waals surface area contributed by atoms with Crippen molar-refractivity contribution in [3.05, 3.63) is 42.0 Å². The summed E-state index contributed by atoms with van der Waals surface area (Å²) in [5.74, 6) is -0.519. The van der Waals surface area contributed by atoms with Crippen LogP contribution in [0.1, 0.15) is 32.3 Å². The maximum Gasteiger partial charge on any atom is 0.311 e. The molecule has 1 saturated carbocycles. The Morgan fingerprint density at radius 2 is 1.85 bits per heavy atom. The van der Waals surface area contributed by atoms with Crippen molar-refractivity contribution in [2.45, 2.75) is 52.4 Å². The first kappa shape index (κ1) is 21.6. The van der Waals surface area contributed by atoms with E-state index < -0.39 is 13.7 Å². The zero-order valence-corrected chi connectivity index (χ0v) is 18.3. The molecule has 0 bridgehead atoms. The summed E-state index contributed by atoms with van der Waals surface area (Å²) in [7, 11) is -0.495. The summed E-state index contributed by atoms with van der Waals surface area (Å²) in [5, 5.41) is 0. The molecule has 0 radical (unpaired) electrons. The van der Waals surface area contributed by atoms with Crippen molar-refractivity contribution in [1.29, 1.82) is 0 Å². The zero-order valence-electron chi connectivity index (χ0n) is 17.3. The summed E-state index contributed by atoms with van der Waals surface area (Å²) in [4.78, 5) is 25.2. The van der Waals surface area contributed by atoms with Crippen LogP contribution in [0.3, 0.4) is 0 Å². The van der Waals surface area contributed by atoms with E-state index >= 15 is 0 Å². The first-order valence-corrected chi connectivity index (χ1v) is 13.0. The summed E-state index contributed by atoms with van der Waals surface area (Å²) in [5.41, 5.74) is 0.337. The van der Waals surface area contributed by atoms with E-state index in [0.29, 0.717) is 12.8 Å². The molecule has 148 valence electrons. The van der Waals surface area contributed by atoms with Crippen molar-refractivity contribution < 1.29 is 18.8 Å². The predicted molar refractivity (Wildman–Crippen MR) is 111 cm³/mol. The van der Waals surface area contributed by atoms with E-state index in [1.54, 1.807) is 0 Å². The molecular weight excluding hydrogens is 356 g/mol. The highest BCUT2D eigenvalue weighted by Crippen LogP contribution is 2.45. The molecule has 0 unspecified atom stereocenters. The highest BCUT2D eigenvalue weighted by Gasteiger charge is 2.51. The molecule has 0 amide bonds. The lowest BCUT2D eigenvalue weighted by Crippen LogP contribution is -2.44. The molecule has 1 aliphatic rings. The molecule has 0 saturated heterocycles. The standard InChI is InChI=1S/C22H32O4Si/c1-22(2,21(24)25-3)17-13-14-18(23)20(17)19(26-27(4,5)6)15-12-16-10-8-7-9-11-16/h7-12,15,17,19-20H,13-14H2,1-6H3/b15-12+/t17-,19-,20+/m0/s1. The van der Waals surface area contributed by atoms with Crippen molar-refractivity contribution in [2.75, 3.05) is 7.11 Å². The number of carbonyl (C=O) groups excluding carboxylic acids is 2. The fourth-order valence-electron chi connectivity index (χ4n) is 3.92. The van der Waals surface area contributed by atoms with Gasteiger partial charge in [-0.2, -0.15) is 0 Å². The number of benzene rings is 1. The molecule has 1 aliphatic carbocycles. The van der Waals surface area contributed by atoms with Gasteiger partial charge < -0.3 is 9.16 Å². The predicted octanol–water partition coefficient (Wildman–Crippen LogP) is 4.71. The van der Waals surface area contributed by atoms with Gasteiger partial charge in [-0.15, -0.1) is 0 Å². The van der Waals surface area contributed by atoms with Gasteiger partial charge in [-0.3, -0.25) is 9.59 Å². The van der Waals surface area contributed by atoms with Gasteiger partial charge in [-0.25, -0.2) is 0 Å². The minimum atomic E-state index is -1.90. The molecule has 0 heterocycles. The van der Waals surface area contributed by atoms with Gasteiger partial charge in [0.25, 0.3) is 0 Å². The van der Waals surface area contributed by atoms with Gasteiger partial charge in [0, 0.05) is 6.42 Å². The molecule has 0 aliphatic heterocycles. The van der Waals surface area contributed by atoms with Crippen LogP contribution in [0.5, 0.6) is 0 Å². The summed E-state index contributed by atoms with van der Waals surface area (Å²) in [6.45, 7) is 10.1. The topological polar surface area (TPSA) is 52.6 Å². The van der Waals surface area contributed by atoms with Crippen LogP contribution < -0.4 is 0 Å². The third-order valence-electron chi connectivity index (χ3n) is 5.27. The van der Waals surface area contributed by atoms with Crippen molar-refractivity contribution in [3.63, 3.8) is 0 Å². The number of methoxy groups -OCH3 is 1. The van der Waals surface area contributed by atoms with E-state index in [9.17, 15) is 9.59 Å². The van der Waals surface area contributed by atoms with Crippen LogP contribution in [-0.4, -0.2) is 33.3 Å². The molecule has 1 aromatic rings. The molecule has 0 N–H and O–H groups in total. The summed E-state index contributed by atoms with van der Waals surface area (Å²) in [6.07, 6.45) is 4.86. The van der Waals surface area contributed by atoms with Crippen molar-refractivity contribution in [3.8, 4) is 0 Å². The first-order chi connectivity index (χ1) is 12.6. The zero-order chi connectivity index (χ0) is 20.2. The Morgan fingerprint density at radius 1 is 1.22 bits per heavy atom. The van der Waals surface area contributed by atoms with E-state index in [0.717, 1.165) is 5.56 Å². The van der Waals surface area contributed by atoms with E-state index in [1.807, 2.05) is 56.3 Å². The number of Topliss-reactive ketones (excluding diaryl/α,β-unsaturated/α-hetero) is 1. The molecule has 3 atom stereocenters. The number of hydrogen-bond donors (Lipinski definition) is 0. The van der Waals surface area contributed by atoms with Crippen LogP contribution >= 0.6 is 0 Å². The molecular formula is C22H32O4Si. The Kier molecular flexibility index (Phi) is 6.81. The van der Waals surface area contributed by atoms with E-state index in [2.05, 4.69) is 19.6 Å². The van der Waals surface area contributed by atoms with Gasteiger partial charge in [-0.05, 0) is 51.4 Å². The third-order valence-corrected chi connectivity index (χ3v) is 6.25. The Balaban J connectivity index is 2.37. The number of hydrogen-bond acceptors (Lipinski definition) is 4. The van der Waals surface area contributed by atoms with Gasteiger partial charge in [0.2, 0.25) is 0 Å². The fourth-order valence-corrected chi connectivity index (χ4v) is 4.96. The SMILES string of the molecule is COC(=O)C(C)(C)[C@H]1CCC(=O)[C@@H]1[C@H](/C=C/c1ccccc1)O[Si](C)(C)C. The maximum absolute atomic E-state index is 12.8. The maximum atomic E-state index is 12.8. The monoisotopic (exact) mass is 388 g/mol. The molecule has 2 rings (SSSR count). The van der Waals surface area contributed by atoms with Crippen LogP contribution in [0.2, 0.25) is 19.6 Å². The third kappa shape index (κ3) is 5.39. The molecule has 5 heteroatoms. The lowest BCUT2D eigenvalue weighted by atomic mass is 9.71. The average molecular weight is 389 g/mol. The highest BCUT2D eigenvalue weighted by molar-refractivity contribution is 6.69. The van der Waals surface area contributed by atoms with Crippen LogP contribution in [0.4, 0.5) is 0 Å².